The molecule has 6 nitrogen and oxygen atoms in total. The van der Waals surface area contributed by atoms with E-state index >= 15 is 0 Å². The molecule has 2 aromatic heterocycles. The monoisotopic (exact) mass is 355 g/mol. The van der Waals surface area contributed by atoms with Crippen LogP contribution in [0.4, 0.5) is 19.0 Å². The predicted octanol–water partition coefficient (Wildman–Crippen LogP) is 2.93. The zero-order valence-electron chi connectivity index (χ0n) is 14.1. The molecule has 0 spiro atoms. The molecule has 0 atom stereocenters. The Labute approximate surface area is 143 Å². The molecule has 3 rings (SSSR count). The number of hydrogen-bond acceptors (Lipinski definition) is 6. The molecule has 0 aromatic carbocycles. The Hall–Kier alpha value is -2.16. The van der Waals surface area contributed by atoms with Crippen LogP contribution in [-0.4, -0.2) is 46.3 Å². The molecule has 1 saturated heterocycles. The normalized spacial score (nSPS) is 16.6. The van der Waals surface area contributed by atoms with Crippen molar-refractivity contribution in [2.75, 3.05) is 31.1 Å². The molecule has 0 saturated carbocycles. The summed E-state index contributed by atoms with van der Waals surface area (Å²) in [5.74, 6) is 1.98. The third-order valence-electron chi connectivity index (χ3n) is 4.11. The van der Waals surface area contributed by atoms with Crippen LogP contribution in [0.15, 0.2) is 22.7 Å². The number of aromatic nitrogens is 3. The second-order valence-electron chi connectivity index (χ2n) is 6.35. The molecular weight excluding hydrogens is 335 g/mol. The summed E-state index contributed by atoms with van der Waals surface area (Å²) in [7, 11) is 0. The summed E-state index contributed by atoms with van der Waals surface area (Å²) in [6, 6.07) is 2.49. The van der Waals surface area contributed by atoms with Gasteiger partial charge >= 0.3 is 6.18 Å². The van der Waals surface area contributed by atoms with Crippen molar-refractivity contribution in [3.8, 4) is 0 Å². The van der Waals surface area contributed by atoms with Gasteiger partial charge in [-0.2, -0.15) is 13.2 Å². The Morgan fingerprint density at radius 2 is 1.84 bits per heavy atom. The lowest BCUT2D eigenvalue weighted by Gasteiger charge is -2.34. The van der Waals surface area contributed by atoms with Gasteiger partial charge in [-0.05, 0) is 12.1 Å². The van der Waals surface area contributed by atoms with Crippen LogP contribution in [0.3, 0.4) is 0 Å². The van der Waals surface area contributed by atoms with Crippen molar-refractivity contribution in [1.82, 2.24) is 20.1 Å². The van der Waals surface area contributed by atoms with Crippen LogP contribution >= 0.6 is 0 Å². The van der Waals surface area contributed by atoms with Gasteiger partial charge in [-0.25, -0.2) is 4.98 Å². The summed E-state index contributed by atoms with van der Waals surface area (Å²) < 4.78 is 43.4. The highest BCUT2D eigenvalue weighted by Crippen LogP contribution is 2.29. The molecule has 1 aliphatic rings. The lowest BCUT2D eigenvalue weighted by molar-refractivity contribution is -0.137. The fourth-order valence-corrected chi connectivity index (χ4v) is 2.63. The van der Waals surface area contributed by atoms with Crippen molar-refractivity contribution < 1.29 is 17.6 Å². The van der Waals surface area contributed by atoms with Gasteiger partial charge in [-0.1, -0.05) is 13.8 Å². The van der Waals surface area contributed by atoms with E-state index in [-0.39, 0.29) is 5.92 Å². The van der Waals surface area contributed by atoms with Crippen LogP contribution in [0.25, 0.3) is 0 Å². The molecule has 0 aliphatic carbocycles. The molecule has 0 amide bonds. The largest absolute Gasteiger partial charge is 0.424 e. The molecule has 0 unspecified atom stereocenters. The Morgan fingerprint density at radius 1 is 1.12 bits per heavy atom. The van der Waals surface area contributed by atoms with Crippen LogP contribution in [0, 0.1) is 0 Å². The minimum atomic E-state index is -4.36. The minimum absolute atomic E-state index is 0.198. The van der Waals surface area contributed by atoms with E-state index in [2.05, 4.69) is 20.1 Å². The molecule has 0 radical (unpaired) electrons. The summed E-state index contributed by atoms with van der Waals surface area (Å²) in [4.78, 5) is 8.10. The smallest absolute Gasteiger partial charge is 0.417 e. The third kappa shape index (κ3) is 4.28. The number of piperazine rings is 1. The van der Waals surface area contributed by atoms with Crippen molar-refractivity contribution in [3.05, 3.63) is 35.7 Å². The molecule has 1 aliphatic heterocycles. The Bertz CT molecular complexity index is 691. The number of pyridine rings is 1. The summed E-state index contributed by atoms with van der Waals surface area (Å²) in [5.41, 5.74) is -0.729. The summed E-state index contributed by atoms with van der Waals surface area (Å²) in [6.45, 7) is 7.44. The molecule has 25 heavy (non-hydrogen) atoms. The fourth-order valence-electron chi connectivity index (χ4n) is 2.63. The highest BCUT2D eigenvalue weighted by Gasteiger charge is 2.31. The maximum absolute atomic E-state index is 12.6. The predicted molar refractivity (Wildman–Crippen MR) is 85.1 cm³/mol. The van der Waals surface area contributed by atoms with Crippen LogP contribution in [0.1, 0.15) is 37.1 Å². The highest BCUT2D eigenvalue weighted by atomic mass is 19.4. The van der Waals surface area contributed by atoms with Gasteiger partial charge in [0.1, 0.15) is 5.82 Å². The summed E-state index contributed by atoms with van der Waals surface area (Å²) in [6.07, 6.45) is -3.48. The van der Waals surface area contributed by atoms with Crippen LogP contribution in [0.2, 0.25) is 0 Å². The van der Waals surface area contributed by atoms with Gasteiger partial charge in [0.05, 0.1) is 12.1 Å². The van der Waals surface area contributed by atoms with Gasteiger partial charge in [0.15, 0.2) is 0 Å². The number of rotatable bonds is 4. The maximum Gasteiger partial charge on any atom is 0.417 e. The molecule has 0 bridgehead atoms. The van der Waals surface area contributed by atoms with E-state index in [0.29, 0.717) is 37.2 Å². The van der Waals surface area contributed by atoms with Crippen LogP contribution < -0.4 is 4.90 Å². The van der Waals surface area contributed by atoms with Crippen LogP contribution in [0.5, 0.6) is 0 Å². The van der Waals surface area contributed by atoms with Gasteiger partial charge in [0, 0.05) is 38.3 Å². The van der Waals surface area contributed by atoms with Crippen molar-refractivity contribution in [2.45, 2.75) is 32.5 Å². The summed E-state index contributed by atoms with van der Waals surface area (Å²) in [5, 5.41) is 8.07. The third-order valence-corrected chi connectivity index (χ3v) is 4.11. The first-order valence-electron chi connectivity index (χ1n) is 8.16. The van der Waals surface area contributed by atoms with E-state index in [4.69, 9.17) is 4.42 Å². The number of alkyl halides is 3. The number of hydrogen-bond donors (Lipinski definition) is 0. The highest BCUT2D eigenvalue weighted by molar-refractivity contribution is 5.40. The molecule has 1 fully saturated rings. The molecule has 9 heteroatoms. The Kier molecular flexibility index (Phi) is 4.94. The van der Waals surface area contributed by atoms with Crippen molar-refractivity contribution in [1.29, 1.82) is 0 Å². The lowest BCUT2D eigenvalue weighted by Crippen LogP contribution is -2.46. The standard InChI is InChI=1S/C16H20F3N5O/c1-11(2)15-22-21-14(25-15)10-23-5-7-24(8-6-23)13-4-3-12(9-20-13)16(17,18)19/h3-4,9,11H,5-8,10H2,1-2H3. The average Bonchev–Trinajstić information content (AvgIpc) is 3.04. The average molecular weight is 355 g/mol. The van der Waals surface area contributed by atoms with Crippen molar-refractivity contribution >= 4 is 5.82 Å². The first-order valence-corrected chi connectivity index (χ1v) is 8.16. The molecule has 136 valence electrons. The number of anilines is 1. The van der Waals surface area contributed by atoms with Gasteiger partial charge in [0.25, 0.3) is 0 Å². The van der Waals surface area contributed by atoms with E-state index < -0.39 is 11.7 Å². The zero-order chi connectivity index (χ0) is 18.0. The number of nitrogens with zero attached hydrogens (tertiary/aromatic N) is 5. The van der Waals surface area contributed by atoms with Gasteiger partial charge in [-0.15, -0.1) is 10.2 Å². The molecule has 0 N–H and O–H groups in total. The summed E-state index contributed by atoms with van der Waals surface area (Å²) >= 11 is 0. The zero-order valence-corrected chi connectivity index (χ0v) is 14.1. The fraction of sp³-hybridized carbons (Fsp3) is 0.562. The van der Waals surface area contributed by atoms with Gasteiger partial charge in [0.2, 0.25) is 11.8 Å². The second kappa shape index (κ2) is 6.99. The minimum Gasteiger partial charge on any atom is -0.424 e. The molecule has 2 aromatic rings. The van der Waals surface area contributed by atoms with E-state index in [0.717, 1.165) is 25.4 Å². The first kappa shape index (κ1) is 17.7. The number of halogens is 3. The van der Waals surface area contributed by atoms with Crippen molar-refractivity contribution in [2.24, 2.45) is 0 Å². The SMILES string of the molecule is CC(C)c1nnc(CN2CCN(c3ccc(C(F)(F)F)cn3)CC2)o1. The first-order chi connectivity index (χ1) is 11.8. The van der Waals surface area contributed by atoms with E-state index in [9.17, 15) is 13.2 Å². The van der Waals surface area contributed by atoms with E-state index in [1.165, 1.54) is 6.07 Å². The van der Waals surface area contributed by atoms with Crippen LogP contribution in [-0.2, 0) is 12.7 Å². The quantitative estimate of drug-likeness (QED) is 0.841. The Morgan fingerprint density at radius 3 is 2.36 bits per heavy atom. The lowest BCUT2D eigenvalue weighted by atomic mass is 10.2. The second-order valence-corrected chi connectivity index (χ2v) is 6.35. The van der Waals surface area contributed by atoms with Crippen molar-refractivity contribution in [3.63, 3.8) is 0 Å². The van der Waals surface area contributed by atoms with Gasteiger partial charge in [-0.3, -0.25) is 4.90 Å². The Balaban J connectivity index is 1.54. The maximum atomic E-state index is 12.6. The van der Waals surface area contributed by atoms with E-state index in [1.807, 2.05) is 18.7 Å². The topological polar surface area (TPSA) is 58.3 Å². The van der Waals surface area contributed by atoms with E-state index in [1.54, 1.807) is 0 Å². The molecule has 3 heterocycles. The van der Waals surface area contributed by atoms with Gasteiger partial charge < -0.3 is 9.32 Å². The molecular formula is C16H20F3N5O.